The van der Waals surface area contributed by atoms with Crippen LogP contribution in [0.25, 0.3) is 0 Å². The molecule has 3 nitrogen and oxygen atoms in total. The lowest BCUT2D eigenvalue weighted by Crippen LogP contribution is -2.48. The van der Waals surface area contributed by atoms with E-state index < -0.39 is 24.2 Å². The third kappa shape index (κ3) is 3.79. The Labute approximate surface area is 95.6 Å². The highest BCUT2D eigenvalue weighted by Crippen LogP contribution is 2.39. The molecule has 1 heterocycles. The molecule has 0 aliphatic carbocycles. The lowest BCUT2D eigenvalue weighted by Gasteiger charge is -2.21. The van der Waals surface area contributed by atoms with Gasteiger partial charge in [-0.3, -0.25) is 9.79 Å². The second-order valence-electron chi connectivity index (χ2n) is 3.04. The highest BCUT2D eigenvalue weighted by molar-refractivity contribution is 8.14. The Bertz CT molecular complexity index is 322. The Balaban J connectivity index is 2.80. The molecule has 1 aliphatic heterocycles. The quantitative estimate of drug-likeness (QED) is 0.746. The summed E-state index contributed by atoms with van der Waals surface area (Å²) in [5, 5.41) is 1.31. The molecule has 0 aromatic carbocycles. The normalized spacial score (nSPS) is 17.2. The highest BCUT2D eigenvalue weighted by Gasteiger charge is 2.61. The molecule has 0 atom stereocenters. The number of alkyl halides is 6. The fourth-order valence-corrected chi connectivity index (χ4v) is 1.80. The van der Waals surface area contributed by atoms with Gasteiger partial charge < -0.3 is 5.32 Å². The van der Waals surface area contributed by atoms with Gasteiger partial charge in [-0.2, -0.15) is 26.3 Å². The van der Waals surface area contributed by atoms with E-state index in [4.69, 9.17) is 0 Å². The van der Waals surface area contributed by atoms with Crippen LogP contribution in [0.3, 0.4) is 0 Å². The van der Waals surface area contributed by atoms with Crippen LogP contribution in [0.4, 0.5) is 26.3 Å². The first kappa shape index (κ1) is 14.1. The predicted molar refractivity (Wildman–Crippen MR) is 48.5 cm³/mol. The Morgan fingerprint density at radius 1 is 1.24 bits per heavy atom. The number of aliphatic imine (C=N–C) groups is 1. The highest BCUT2D eigenvalue weighted by atomic mass is 32.2. The molecule has 17 heavy (non-hydrogen) atoms. The van der Waals surface area contributed by atoms with Crippen molar-refractivity contribution in [1.82, 2.24) is 5.32 Å². The summed E-state index contributed by atoms with van der Waals surface area (Å²) in [6, 6.07) is 0. The van der Waals surface area contributed by atoms with E-state index in [1.165, 1.54) is 5.32 Å². The topological polar surface area (TPSA) is 41.5 Å². The van der Waals surface area contributed by atoms with Gasteiger partial charge in [0.1, 0.15) is 0 Å². The minimum absolute atomic E-state index is 0.214. The van der Waals surface area contributed by atoms with Crippen LogP contribution in [0.2, 0.25) is 0 Å². The van der Waals surface area contributed by atoms with Gasteiger partial charge in [-0.15, -0.1) is 0 Å². The number of amidine groups is 1. The van der Waals surface area contributed by atoms with E-state index in [2.05, 4.69) is 4.99 Å². The molecule has 0 spiro atoms. The number of carbonyl (C=O) groups is 1. The number of amides is 1. The molecule has 10 heteroatoms. The minimum Gasteiger partial charge on any atom is -0.305 e. The molecule has 0 saturated heterocycles. The smallest absolute Gasteiger partial charge is 0.305 e. The average Bonchev–Trinajstić information content (AvgIpc) is 2.49. The third-order valence-electron chi connectivity index (χ3n) is 1.73. The number of thioether (sulfide) groups is 1. The van der Waals surface area contributed by atoms with E-state index in [0.717, 1.165) is 11.8 Å². The van der Waals surface area contributed by atoms with E-state index in [-0.39, 0.29) is 11.7 Å². The van der Waals surface area contributed by atoms with Crippen molar-refractivity contribution < 1.29 is 31.1 Å². The van der Waals surface area contributed by atoms with Gasteiger partial charge in [0.2, 0.25) is 11.8 Å². The van der Waals surface area contributed by atoms with Crippen LogP contribution >= 0.6 is 11.8 Å². The average molecular weight is 280 g/mol. The summed E-state index contributed by atoms with van der Waals surface area (Å²) in [7, 11) is 0. The lowest BCUT2D eigenvalue weighted by atomic mass is 10.1. The maximum atomic E-state index is 12.1. The van der Waals surface area contributed by atoms with Crippen molar-refractivity contribution in [3.8, 4) is 0 Å². The van der Waals surface area contributed by atoms with Gasteiger partial charge >= 0.3 is 12.4 Å². The lowest BCUT2D eigenvalue weighted by molar-refractivity contribution is -0.273. The van der Waals surface area contributed by atoms with Crippen molar-refractivity contribution in [2.24, 2.45) is 10.9 Å². The van der Waals surface area contributed by atoms with Gasteiger partial charge in [-0.05, 0) is 0 Å². The standard InChI is InChI=1S/C7H6F6N2OS/c8-6(9,10)3(7(11,12)13)4(16)15-5-14-1-2-17-5/h3H,1-2H2,(H,14,15,16). The summed E-state index contributed by atoms with van der Waals surface area (Å²) < 4.78 is 72.7. The number of hydrogen-bond donors (Lipinski definition) is 1. The van der Waals surface area contributed by atoms with Crippen molar-refractivity contribution in [3.05, 3.63) is 0 Å². The van der Waals surface area contributed by atoms with Gasteiger partial charge in [0.05, 0.1) is 6.54 Å². The maximum Gasteiger partial charge on any atom is 0.409 e. The van der Waals surface area contributed by atoms with Crippen LogP contribution in [0.15, 0.2) is 4.99 Å². The molecule has 1 rings (SSSR count). The summed E-state index contributed by atoms with van der Waals surface area (Å²) in [6.45, 7) is 0.253. The summed E-state index contributed by atoms with van der Waals surface area (Å²) in [6.07, 6.45) is -11.3. The summed E-state index contributed by atoms with van der Waals surface area (Å²) in [5.74, 6) is -5.77. The Hall–Kier alpha value is -0.930. The fraction of sp³-hybridized carbons (Fsp3) is 0.714. The zero-order valence-corrected chi connectivity index (χ0v) is 8.84. The molecule has 0 bridgehead atoms. The van der Waals surface area contributed by atoms with Gasteiger partial charge in [0.15, 0.2) is 5.17 Å². The number of nitrogens with zero attached hydrogens (tertiary/aromatic N) is 1. The first-order valence-corrected chi connectivity index (χ1v) is 5.22. The van der Waals surface area contributed by atoms with Crippen LogP contribution in [0.1, 0.15) is 0 Å². The molecule has 0 fully saturated rings. The molecule has 0 radical (unpaired) electrons. The second kappa shape index (κ2) is 4.75. The molecule has 1 N–H and O–H groups in total. The van der Waals surface area contributed by atoms with E-state index in [1.54, 1.807) is 0 Å². The number of carbonyl (C=O) groups excluding carboxylic acids is 1. The molecular weight excluding hydrogens is 274 g/mol. The third-order valence-corrected chi connectivity index (χ3v) is 2.62. The van der Waals surface area contributed by atoms with Gasteiger partial charge in [0, 0.05) is 5.75 Å². The fourth-order valence-electron chi connectivity index (χ4n) is 1.07. The van der Waals surface area contributed by atoms with E-state index in [9.17, 15) is 31.1 Å². The number of nitrogens with one attached hydrogen (secondary N) is 1. The molecule has 1 aliphatic rings. The predicted octanol–water partition coefficient (Wildman–Crippen LogP) is 1.95. The largest absolute Gasteiger partial charge is 0.409 e. The Morgan fingerprint density at radius 3 is 2.12 bits per heavy atom. The van der Waals surface area contributed by atoms with Crippen LogP contribution < -0.4 is 5.32 Å². The second-order valence-corrected chi connectivity index (χ2v) is 4.12. The van der Waals surface area contributed by atoms with E-state index >= 15 is 0 Å². The van der Waals surface area contributed by atoms with Crippen molar-refractivity contribution in [1.29, 1.82) is 0 Å². The van der Waals surface area contributed by atoms with E-state index in [1.807, 2.05) is 0 Å². The van der Waals surface area contributed by atoms with Crippen LogP contribution in [0.5, 0.6) is 0 Å². The first-order valence-electron chi connectivity index (χ1n) is 4.24. The van der Waals surface area contributed by atoms with Crippen molar-refractivity contribution in [2.45, 2.75) is 12.4 Å². The monoisotopic (exact) mass is 280 g/mol. The molecule has 0 aromatic heterocycles. The molecule has 0 unspecified atom stereocenters. The summed E-state index contributed by atoms with van der Waals surface area (Å²) >= 11 is 0.893. The molecule has 0 aromatic rings. The number of hydrogen-bond acceptors (Lipinski definition) is 3. The number of rotatable bonds is 1. The van der Waals surface area contributed by atoms with Gasteiger partial charge in [-0.25, -0.2) is 0 Å². The minimum atomic E-state index is -5.67. The van der Waals surface area contributed by atoms with E-state index in [0.29, 0.717) is 5.75 Å². The molecule has 1 amide bonds. The van der Waals surface area contributed by atoms with Gasteiger partial charge in [-0.1, -0.05) is 11.8 Å². The van der Waals surface area contributed by atoms with Crippen molar-refractivity contribution in [3.63, 3.8) is 0 Å². The zero-order chi connectivity index (χ0) is 13.3. The first-order chi connectivity index (χ1) is 7.62. The Kier molecular flexibility index (Phi) is 3.95. The summed E-state index contributed by atoms with van der Waals surface area (Å²) in [4.78, 5) is 14.5. The van der Waals surface area contributed by atoms with Crippen molar-refractivity contribution >= 4 is 22.8 Å². The Morgan fingerprint density at radius 2 is 1.76 bits per heavy atom. The molecule has 98 valence electrons. The van der Waals surface area contributed by atoms with Crippen LogP contribution in [0, 0.1) is 5.92 Å². The molecule has 0 saturated carbocycles. The van der Waals surface area contributed by atoms with Gasteiger partial charge in [0.25, 0.3) is 0 Å². The van der Waals surface area contributed by atoms with Crippen LogP contribution in [-0.4, -0.2) is 35.7 Å². The van der Waals surface area contributed by atoms with Crippen molar-refractivity contribution in [2.75, 3.05) is 12.3 Å². The summed E-state index contributed by atoms with van der Waals surface area (Å²) in [5.41, 5.74) is 0. The van der Waals surface area contributed by atoms with Crippen LogP contribution in [-0.2, 0) is 4.79 Å². The molecular formula is C7H6F6N2OS. The zero-order valence-electron chi connectivity index (χ0n) is 8.02. The number of halogens is 6. The maximum absolute atomic E-state index is 12.1. The SMILES string of the molecule is O=C(NC1=NCCS1)C(C(F)(F)F)C(F)(F)F.